The molecule has 6 nitrogen and oxygen atoms in total. The second-order valence-electron chi connectivity index (χ2n) is 4.94. The fourth-order valence-electron chi connectivity index (χ4n) is 2.43. The predicted molar refractivity (Wildman–Crippen MR) is 75.4 cm³/mol. The van der Waals surface area contributed by atoms with Crippen LogP contribution in [0.1, 0.15) is 19.3 Å². The minimum atomic E-state index is -0.986. The Morgan fingerprint density at radius 2 is 2.10 bits per heavy atom. The van der Waals surface area contributed by atoms with E-state index < -0.39 is 16.4 Å². The molecule has 116 valence electrons. The van der Waals surface area contributed by atoms with Crippen molar-refractivity contribution in [1.82, 2.24) is 4.90 Å². The maximum atomic E-state index is 14.0. The van der Waals surface area contributed by atoms with Crippen molar-refractivity contribution in [2.24, 2.45) is 0 Å². The summed E-state index contributed by atoms with van der Waals surface area (Å²) in [6.07, 6.45) is 3.17. The van der Waals surface area contributed by atoms with Crippen LogP contribution in [0.15, 0.2) is 12.1 Å². The molecule has 0 aliphatic carbocycles. The van der Waals surface area contributed by atoms with Crippen molar-refractivity contribution in [3.8, 4) is 11.5 Å². The molecule has 0 atom stereocenters. The normalized spacial score (nSPS) is 15.1. The van der Waals surface area contributed by atoms with Crippen LogP contribution in [0.5, 0.6) is 11.5 Å². The van der Waals surface area contributed by atoms with E-state index in [1.807, 2.05) is 0 Å². The number of hydrogen-bond acceptors (Lipinski definition) is 5. The van der Waals surface area contributed by atoms with E-state index in [0.717, 1.165) is 32.1 Å². The standard InChI is InChI=1S/C14H19FN2O4/c1-20-12-6-5-11(17(18)19)13(15)14(12)21-10-4-9-16-7-2-3-8-16/h5-6H,2-4,7-10H2,1H3. The predicted octanol–water partition coefficient (Wildman–Crippen LogP) is 2.61. The molecule has 0 aromatic heterocycles. The van der Waals surface area contributed by atoms with E-state index in [9.17, 15) is 14.5 Å². The summed E-state index contributed by atoms with van der Waals surface area (Å²) in [7, 11) is 1.37. The number of hydrogen-bond donors (Lipinski definition) is 0. The summed E-state index contributed by atoms with van der Waals surface area (Å²) in [5.74, 6) is -1.01. The van der Waals surface area contributed by atoms with E-state index in [1.165, 1.54) is 26.0 Å². The number of rotatable bonds is 7. The fraction of sp³-hybridized carbons (Fsp3) is 0.571. The van der Waals surface area contributed by atoms with Gasteiger partial charge in [-0.15, -0.1) is 0 Å². The Hall–Kier alpha value is -1.89. The Morgan fingerprint density at radius 1 is 1.38 bits per heavy atom. The van der Waals surface area contributed by atoms with E-state index in [0.29, 0.717) is 6.61 Å². The van der Waals surface area contributed by atoms with Gasteiger partial charge in [0.1, 0.15) is 0 Å². The molecule has 1 aliphatic rings. The van der Waals surface area contributed by atoms with Crippen molar-refractivity contribution in [2.45, 2.75) is 19.3 Å². The maximum Gasteiger partial charge on any atom is 0.308 e. The molecule has 1 fully saturated rings. The molecule has 21 heavy (non-hydrogen) atoms. The third kappa shape index (κ3) is 3.81. The third-order valence-corrected chi connectivity index (χ3v) is 3.52. The molecule has 1 aromatic carbocycles. The fourth-order valence-corrected chi connectivity index (χ4v) is 2.43. The van der Waals surface area contributed by atoms with E-state index in [2.05, 4.69) is 4.90 Å². The Bertz CT molecular complexity index is 504. The quantitative estimate of drug-likeness (QED) is 0.440. The van der Waals surface area contributed by atoms with Crippen LogP contribution >= 0.6 is 0 Å². The van der Waals surface area contributed by atoms with Crippen LogP contribution in [0.25, 0.3) is 0 Å². The van der Waals surface area contributed by atoms with Crippen molar-refractivity contribution >= 4 is 5.69 Å². The first-order chi connectivity index (χ1) is 10.1. The largest absolute Gasteiger partial charge is 0.493 e. The lowest BCUT2D eigenvalue weighted by Gasteiger charge is -2.15. The number of halogens is 1. The van der Waals surface area contributed by atoms with Crippen molar-refractivity contribution in [1.29, 1.82) is 0 Å². The van der Waals surface area contributed by atoms with Gasteiger partial charge in [0.15, 0.2) is 5.75 Å². The Morgan fingerprint density at radius 3 is 2.71 bits per heavy atom. The summed E-state index contributed by atoms with van der Waals surface area (Å²) < 4.78 is 24.4. The Balaban J connectivity index is 1.96. The van der Waals surface area contributed by atoms with Gasteiger partial charge in [-0.05, 0) is 38.4 Å². The molecule has 0 unspecified atom stereocenters. The number of likely N-dealkylation sites (tertiary alicyclic amines) is 1. The number of methoxy groups -OCH3 is 1. The van der Waals surface area contributed by atoms with Gasteiger partial charge < -0.3 is 14.4 Å². The maximum absolute atomic E-state index is 14.0. The lowest BCUT2D eigenvalue weighted by molar-refractivity contribution is -0.387. The highest BCUT2D eigenvalue weighted by molar-refractivity contribution is 5.50. The summed E-state index contributed by atoms with van der Waals surface area (Å²) >= 11 is 0. The number of benzene rings is 1. The lowest BCUT2D eigenvalue weighted by atomic mass is 10.2. The smallest absolute Gasteiger partial charge is 0.308 e. The van der Waals surface area contributed by atoms with Gasteiger partial charge in [-0.3, -0.25) is 10.1 Å². The lowest BCUT2D eigenvalue weighted by Crippen LogP contribution is -2.22. The van der Waals surface area contributed by atoms with Gasteiger partial charge in [-0.2, -0.15) is 4.39 Å². The van der Waals surface area contributed by atoms with Gasteiger partial charge >= 0.3 is 5.69 Å². The monoisotopic (exact) mass is 298 g/mol. The van der Waals surface area contributed by atoms with Gasteiger partial charge in [-0.1, -0.05) is 0 Å². The molecule has 1 saturated heterocycles. The minimum absolute atomic E-state index is 0.166. The molecular formula is C14H19FN2O4. The van der Waals surface area contributed by atoms with Gasteiger partial charge in [-0.25, -0.2) is 0 Å². The minimum Gasteiger partial charge on any atom is -0.493 e. The molecule has 2 rings (SSSR count). The third-order valence-electron chi connectivity index (χ3n) is 3.52. The molecule has 0 spiro atoms. The highest BCUT2D eigenvalue weighted by Crippen LogP contribution is 2.35. The van der Waals surface area contributed by atoms with Crippen molar-refractivity contribution in [3.05, 3.63) is 28.1 Å². The second-order valence-corrected chi connectivity index (χ2v) is 4.94. The van der Waals surface area contributed by atoms with Crippen LogP contribution in [0, 0.1) is 15.9 Å². The molecule has 1 aromatic rings. The molecule has 0 saturated carbocycles. The van der Waals surface area contributed by atoms with E-state index in [1.54, 1.807) is 0 Å². The van der Waals surface area contributed by atoms with Crippen molar-refractivity contribution < 1.29 is 18.8 Å². The summed E-state index contributed by atoms with van der Waals surface area (Å²) in [6.45, 7) is 3.37. The Labute approximate surface area is 122 Å². The van der Waals surface area contributed by atoms with Crippen LogP contribution in [0.3, 0.4) is 0 Å². The molecule has 0 bridgehead atoms. The number of nitro groups is 1. The van der Waals surface area contributed by atoms with Crippen LogP contribution in [-0.4, -0.2) is 43.2 Å². The zero-order valence-corrected chi connectivity index (χ0v) is 12.0. The summed E-state index contributed by atoms with van der Waals surface area (Å²) in [4.78, 5) is 12.3. The molecule has 0 radical (unpaired) electrons. The average Bonchev–Trinajstić information content (AvgIpc) is 2.97. The highest BCUT2D eigenvalue weighted by atomic mass is 19.1. The SMILES string of the molecule is COc1ccc([N+](=O)[O-])c(F)c1OCCCN1CCCC1. The summed E-state index contributed by atoms with van der Waals surface area (Å²) in [6, 6.07) is 2.42. The number of nitrogens with zero attached hydrogens (tertiary/aromatic N) is 2. The molecular weight excluding hydrogens is 279 g/mol. The van der Waals surface area contributed by atoms with E-state index in [4.69, 9.17) is 9.47 Å². The van der Waals surface area contributed by atoms with Crippen LogP contribution in [0.4, 0.5) is 10.1 Å². The molecule has 7 heteroatoms. The first-order valence-corrected chi connectivity index (χ1v) is 6.99. The summed E-state index contributed by atoms with van der Waals surface area (Å²) in [5.41, 5.74) is -0.606. The molecule has 0 amide bonds. The highest BCUT2D eigenvalue weighted by Gasteiger charge is 2.23. The van der Waals surface area contributed by atoms with Gasteiger partial charge in [0.25, 0.3) is 0 Å². The van der Waals surface area contributed by atoms with Gasteiger partial charge in [0, 0.05) is 12.6 Å². The van der Waals surface area contributed by atoms with Crippen LogP contribution in [-0.2, 0) is 0 Å². The van der Waals surface area contributed by atoms with Crippen LogP contribution < -0.4 is 9.47 Å². The van der Waals surface area contributed by atoms with Gasteiger partial charge in [0.2, 0.25) is 11.6 Å². The van der Waals surface area contributed by atoms with Crippen molar-refractivity contribution in [2.75, 3.05) is 33.4 Å². The van der Waals surface area contributed by atoms with E-state index in [-0.39, 0.29) is 11.5 Å². The molecule has 0 N–H and O–H groups in total. The van der Waals surface area contributed by atoms with E-state index >= 15 is 0 Å². The zero-order chi connectivity index (χ0) is 15.2. The molecule has 1 aliphatic heterocycles. The number of ether oxygens (including phenoxy) is 2. The zero-order valence-electron chi connectivity index (χ0n) is 12.0. The topological polar surface area (TPSA) is 64.8 Å². The molecule has 1 heterocycles. The van der Waals surface area contributed by atoms with Gasteiger partial charge in [0.05, 0.1) is 18.6 Å². The summed E-state index contributed by atoms with van der Waals surface area (Å²) in [5, 5.41) is 10.7. The number of nitro benzene ring substituents is 1. The first-order valence-electron chi connectivity index (χ1n) is 6.99. The first kappa shape index (κ1) is 15.5. The van der Waals surface area contributed by atoms with Crippen LogP contribution in [0.2, 0.25) is 0 Å². The van der Waals surface area contributed by atoms with Crippen molar-refractivity contribution in [3.63, 3.8) is 0 Å². The Kier molecular flexibility index (Phi) is 5.32. The average molecular weight is 298 g/mol. The second kappa shape index (κ2) is 7.21.